The Morgan fingerprint density at radius 2 is 2.04 bits per heavy atom. The smallest absolute Gasteiger partial charge is 0.278 e. The highest BCUT2D eigenvalue weighted by Crippen LogP contribution is 2.28. The van der Waals surface area contributed by atoms with Crippen LogP contribution in [0.2, 0.25) is 0 Å². The van der Waals surface area contributed by atoms with Crippen molar-refractivity contribution in [3.8, 4) is 10.9 Å². The molecule has 3 saturated heterocycles. The standard InChI is InChI=1S/C17H19N3O2S/c21-16(19-15-11-20-8-5-12(15)6-9-20)13-1-3-14(4-2-13)22-17-18-7-10-23-17/h1-4,7,10,12,15H,5-6,8-9,11H2,(H,19,21). The van der Waals surface area contributed by atoms with Gasteiger partial charge in [-0.3, -0.25) is 4.79 Å². The van der Waals surface area contributed by atoms with E-state index in [4.69, 9.17) is 4.74 Å². The van der Waals surface area contributed by atoms with Crippen molar-refractivity contribution in [3.63, 3.8) is 0 Å². The van der Waals surface area contributed by atoms with Gasteiger partial charge in [0, 0.05) is 29.7 Å². The van der Waals surface area contributed by atoms with Crippen LogP contribution >= 0.6 is 11.3 Å². The number of hydrogen-bond donors (Lipinski definition) is 1. The largest absolute Gasteiger partial charge is 0.431 e. The van der Waals surface area contributed by atoms with Gasteiger partial charge in [0.15, 0.2) is 0 Å². The molecule has 2 aromatic rings. The number of thiazole rings is 1. The molecule has 120 valence electrons. The van der Waals surface area contributed by atoms with E-state index in [1.807, 2.05) is 17.5 Å². The number of carbonyl (C=O) groups excluding carboxylic acids is 1. The van der Waals surface area contributed by atoms with E-state index >= 15 is 0 Å². The molecule has 3 fully saturated rings. The zero-order valence-electron chi connectivity index (χ0n) is 12.8. The molecule has 1 unspecified atom stereocenters. The van der Waals surface area contributed by atoms with Gasteiger partial charge < -0.3 is 15.0 Å². The normalized spacial score (nSPS) is 26.0. The quantitative estimate of drug-likeness (QED) is 0.937. The molecular formula is C17H19N3O2S. The maximum atomic E-state index is 12.4. The number of nitrogens with zero attached hydrogens (tertiary/aromatic N) is 2. The first-order valence-electron chi connectivity index (χ1n) is 7.98. The fourth-order valence-corrected chi connectivity index (χ4v) is 3.92. The topological polar surface area (TPSA) is 54.5 Å². The van der Waals surface area contributed by atoms with Gasteiger partial charge in [0.05, 0.1) is 0 Å². The number of hydrogen-bond acceptors (Lipinski definition) is 5. The maximum absolute atomic E-state index is 12.4. The van der Waals surface area contributed by atoms with Gasteiger partial charge in [-0.25, -0.2) is 4.98 Å². The van der Waals surface area contributed by atoms with Gasteiger partial charge in [0.25, 0.3) is 11.1 Å². The van der Waals surface area contributed by atoms with Crippen LogP contribution in [0.4, 0.5) is 0 Å². The second kappa shape index (κ2) is 6.29. The third-order valence-corrected chi connectivity index (χ3v) is 5.35. The summed E-state index contributed by atoms with van der Waals surface area (Å²) in [5.41, 5.74) is 0.674. The first-order valence-corrected chi connectivity index (χ1v) is 8.86. The third kappa shape index (κ3) is 3.23. The first-order chi connectivity index (χ1) is 11.3. The molecule has 2 bridgehead atoms. The molecular weight excluding hydrogens is 310 g/mol. The molecule has 5 nitrogen and oxygen atoms in total. The van der Waals surface area contributed by atoms with Crippen molar-refractivity contribution >= 4 is 17.2 Å². The van der Waals surface area contributed by atoms with Crippen molar-refractivity contribution < 1.29 is 9.53 Å². The monoisotopic (exact) mass is 329 g/mol. The number of ether oxygens (including phenoxy) is 1. The summed E-state index contributed by atoms with van der Waals surface area (Å²) < 4.78 is 5.61. The highest BCUT2D eigenvalue weighted by atomic mass is 32.1. The molecule has 1 aromatic carbocycles. The van der Waals surface area contributed by atoms with E-state index in [1.54, 1.807) is 18.3 Å². The van der Waals surface area contributed by atoms with E-state index in [0.29, 0.717) is 22.4 Å². The van der Waals surface area contributed by atoms with E-state index in [1.165, 1.54) is 37.3 Å². The highest BCUT2D eigenvalue weighted by molar-refractivity contribution is 7.11. The highest BCUT2D eigenvalue weighted by Gasteiger charge is 2.34. The Morgan fingerprint density at radius 3 is 2.65 bits per heavy atom. The van der Waals surface area contributed by atoms with Crippen molar-refractivity contribution in [3.05, 3.63) is 41.4 Å². The van der Waals surface area contributed by atoms with E-state index < -0.39 is 0 Å². The third-order valence-electron chi connectivity index (χ3n) is 4.70. The first kappa shape index (κ1) is 14.7. The van der Waals surface area contributed by atoms with E-state index in [2.05, 4.69) is 15.2 Å². The Hall–Kier alpha value is -1.92. The minimum absolute atomic E-state index is 0.00421. The van der Waals surface area contributed by atoms with Gasteiger partial charge in [-0.15, -0.1) is 0 Å². The number of amides is 1. The van der Waals surface area contributed by atoms with E-state index in [9.17, 15) is 4.79 Å². The fourth-order valence-electron chi connectivity index (χ4n) is 3.42. The molecule has 0 aliphatic carbocycles. The molecule has 1 amide bonds. The van der Waals surface area contributed by atoms with Crippen LogP contribution in [0.15, 0.2) is 35.8 Å². The maximum Gasteiger partial charge on any atom is 0.278 e. The number of aromatic nitrogens is 1. The second-order valence-corrected chi connectivity index (χ2v) is 7.00. The lowest BCUT2D eigenvalue weighted by molar-refractivity contribution is 0.0620. The van der Waals surface area contributed by atoms with Crippen molar-refractivity contribution in [1.29, 1.82) is 0 Å². The van der Waals surface area contributed by atoms with Crippen molar-refractivity contribution in [2.24, 2.45) is 5.92 Å². The Balaban J connectivity index is 1.38. The van der Waals surface area contributed by atoms with Crippen LogP contribution in [-0.2, 0) is 0 Å². The van der Waals surface area contributed by atoms with Crippen LogP contribution in [0.5, 0.6) is 10.9 Å². The summed E-state index contributed by atoms with van der Waals surface area (Å²) >= 11 is 1.44. The lowest BCUT2D eigenvalue weighted by Gasteiger charge is -2.44. The Morgan fingerprint density at radius 1 is 1.26 bits per heavy atom. The Kier molecular flexibility index (Phi) is 4.01. The van der Waals surface area contributed by atoms with Crippen LogP contribution in [0.25, 0.3) is 0 Å². The molecule has 5 rings (SSSR count). The van der Waals surface area contributed by atoms with Crippen molar-refractivity contribution in [2.45, 2.75) is 18.9 Å². The molecule has 3 aliphatic rings. The minimum atomic E-state index is 0.00421. The average molecular weight is 329 g/mol. The van der Waals surface area contributed by atoms with Gasteiger partial charge in [-0.05, 0) is 56.1 Å². The molecule has 23 heavy (non-hydrogen) atoms. The van der Waals surface area contributed by atoms with Crippen molar-refractivity contribution in [1.82, 2.24) is 15.2 Å². The SMILES string of the molecule is O=C(NC1CN2CCC1CC2)c1ccc(Oc2nccs2)cc1. The molecule has 1 aromatic heterocycles. The van der Waals surface area contributed by atoms with Gasteiger partial charge in [0.1, 0.15) is 5.75 Å². The zero-order chi connectivity index (χ0) is 15.6. The van der Waals surface area contributed by atoms with Gasteiger partial charge in [-0.2, -0.15) is 0 Å². The summed E-state index contributed by atoms with van der Waals surface area (Å²) in [4.78, 5) is 19.0. The zero-order valence-corrected chi connectivity index (χ0v) is 13.6. The molecule has 1 N–H and O–H groups in total. The minimum Gasteiger partial charge on any atom is -0.431 e. The number of rotatable bonds is 4. The number of fused-ring (bicyclic) bond motifs is 3. The lowest BCUT2D eigenvalue weighted by Crippen LogP contribution is -2.57. The lowest BCUT2D eigenvalue weighted by atomic mass is 9.84. The van der Waals surface area contributed by atoms with Crippen LogP contribution in [0, 0.1) is 5.92 Å². The molecule has 0 saturated carbocycles. The van der Waals surface area contributed by atoms with Crippen LogP contribution in [0.3, 0.4) is 0 Å². The molecule has 6 heteroatoms. The second-order valence-electron chi connectivity index (χ2n) is 6.14. The molecule has 1 atom stereocenters. The van der Waals surface area contributed by atoms with E-state index in [-0.39, 0.29) is 11.9 Å². The predicted octanol–water partition coefficient (Wildman–Crippen LogP) is 2.76. The van der Waals surface area contributed by atoms with Gasteiger partial charge in [0.2, 0.25) is 0 Å². The van der Waals surface area contributed by atoms with Crippen LogP contribution in [-0.4, -0.2) is 41.5 Å². The summed E-state index contributed by atoms with van der Waals surface area (Å²) in [5.74, 6) is 1.33. The summed E-state index contributed by atoms with van der Waals surface area (Å²) in [6.45, 7) is 3.35. The molecule has 0 radical (unpaired) electrons. The van der Waals surface area contributed by atoms with Crippen LogP contribution in [0.1, 0.15) is 23.2 Å². The fraction of sp³-hybridized carbons (Fsp3) is 0.412. The number of benzene rings is 1. The number of carbonyl (C=O) groups is 1. The summed E-state index contributed by atoms with van der Waals surface area (Å²) in [6.07, 6.45) is 4.10. The number of nitrogens with one attached hydrogen (secondary N) is 1. The predicted molar refractivity (Wildman–Crippen MR) is 89.0 cm³/mol. The molecule has 3 aliphatic heterocycles. The summed E-state index contributed by atoms with van der Waals surface area (Å²) in [7, 11) is 0. The van der Waals surface area contributed by atoms with Crippen molar-refractivity contribution in [2.75, 3.05) is 19.6 Å². The Bertz CT molecular complexity index is 664. The van der Waals surface area contributed by atoms with Crippen LogP contribution < -0.4 is 10.1 Å². The van der Waals surface area contributed by atoms with E-state index in [0.717, 1.165) is 6.54 Å². The average Bonchev–Trinajstić information content (AvgIpc) is 3.09. The van der Waals surface area contributed by atoms with Gasteiger partial charge >= 0.3 is 0 Å². The molecule has 0 spiro atoms. The number of piperidine rings is 3. The molecule has 4 heterocycles. The summed E-state index contributed by atoms with van der Waals surface area (Å²) in [5, 5.41) is 5.67. The summed E-state index contributed by atoms with van der Waals surface area (Å²) in [6, 6.07) is 7.52. The Labute approximate surface area is 139 Å². The van der Waals surface area contributed by atoms with Gasteiger partial charge in [-0.1, -0.05) is 11.3 Å².